The molecular formula is C17H24N2O2. The number of carbonyl (C=O) groups excluding carboxylic acids is 1. The van der Waals surface area contributed by atoms with Crippen molar-refractivity contribution in [1.29, 1.82) is 0 Å². The molecule has 3 rings (SSSR count). The Morgan fingerprint density at radius 2 is 2.19 bits per heavy atom. The first-order valence-corrected chi connectivity index (χ1v) is 7.80. The Balaban J connectivity index is 1.90. The maximum absolute atomic E-state index is 11.8. The fraction of sp³-hybridized carbons (Fsp3) is 0.588. The highest BCUT2D eigenvalue weighted by Gasteiger charge is 2.32. The summed E-state index contributed by atoms with van der Waals surface area (Å²) in [6, 6.07) is 6.83. The number of amides is 1. The Labute approximate surface area is 126 Å². The SMILES string of the molecule is CNC(c1ccc2c(c1)CCC(=O)N2C)C1CCOC1C. The van der Waals surface area contributed by atoms with Crippen LogP contribution in [0.1, 0.15) is 36.9 Å². The van der Waals surface area contributed by atoms with Gasteiger partial charge in [0.1, 0.15) is 0 Å². The Kier molecular flexibility index (Phi) is 4.00. The maximum Gasteiger partial charge on any atom is 0.227 e. The molecule has 1 aromatic carbocycles. The molecule has 1 fully saturated rings. The zero-order valence-corrected chi connectivity index (χ0v) is 13.1. The number of aryl methyl sites for hydroxylation is 1. The molecule has 0 spiro atoms. The molecule has 1 aromatic rings. The van der Waals surface area contributed by atoms with Gasteiger partial charge in [-0.3, -0.25) is 4.79 Å². The molecule has 4 heteroatoms. The highest BCUT2D eigenvalue weighted by atomic mass is 16.5. The lowest BCUT2D eigenvalue weighted by atomic mass is 9.86. The van der Waals surface area contributed by atoms with Crippen molar-refractivity contribution >= 4 is 11.6 Å². The van der Waals surface area contributed by atoms with E-state index in [2.05, 4.69) is 30.4 Å². The molecule has 0 aliphatic carbocycles. The van der Waals surface area contributed by atoms with Gasteiger partial charge in [0, 0.05) is 37.7 Å². The number of ether oxygens (including phenoxy) is 1. The van der Waals surface area contributed by atoms with Crippen LogP contribution in [-0.4, -0.2) is 32.7 Å². The lowest BCUT2D eigenvalue weighted by Gasteiger charge is -2.30. The number of carbonyl (C=O) groups is 1. The van der Waals surface area contributed by atoms with Gasteiger partial charge in [0.25, 0.3) is 0 Å². The van der Waals surface area contributed by atoms with E-state index in [1.54, 1.807) is 4.90 Å². The van der Waals surface area contributed by atoms with E-state index >= 15 is 0 Å². The van der Waals surface area contributed by atoms with Crippen molar-refractivity contribution in [1.82, 2.24) is 5.32 Å². The third-order valence-electron chi connectivity index (χ3n) is 4.98. The molecule has 1 amide bonds. The zero-order valence-electron chi connectivity index (χ0n) is 13.1. The van der Waals surface area contributed by atoms with Crippen LogP contribution < -0.4 is 10.2 Å². The molecule has 21 heavy (non-hydrogen) atoms. The van der Waals surface area contributed by atoms with Crippen LogP contribution in [0.25, 0.3) is 0 Å². The van der Waals surface area contributed by atoms with Crippen LogP contribution in [0, 0.1) is 5.92 Å². The molecule has 3 unspecified atom stereocenters. The number of fused-ring (bicyclic) bond motifs is 1. The van der Waals surface area contributed by atoms with E-state index in [9.17, 15) is 4.79 Å². The third-order valence-corrected chi connectivity index (χ3v) is 4.98. The highest BCUT2D eigenvalue weighted by Crippen LogP contribution is 2.36. The van der Waals surface area contributed by atoms with Gasteiger partial charge in [-0.25, -0.2) is 0 Å². The summed E-state index contributed by atoms with van der Waals surface area (Å²) in [6.45, 7) is 3.01. The van der Waals surface area contributed by atoms with Crippen molar-refractivity contribution in [2.24, 2.45) is 5.92 Å². The van der Waals surface area contributed by atoms with Crippen LogP contribution >= 0.6 is 0 Å². The summed E-state index contributed by atoms with van der Waals surface area (Å²) in [5, 5.41) is 3.46. The standard InChI is InChI=1S/C17H24N2O2/c1-11-14(8-9-21-11)17(18-2)13-4-6-15-12(10-13)5-7-16(20)19(15)3/h4,6,10-11,14,17-18H,5,7-9H2,1-3H3. The van der Waals surface area contributed by atoms with Gasteiger partial charge in [-0.05, 0) is 44.0 Å². The average Bonchev–Trinajstić information content (AvgIpc) is 2.90. The molecule has 0 bridgehead atoms. The second kappa shape index (κ2) is 5.78. The van der Waals surface area contributed by atoms with Gasteiger partial charge in [0.15, 0.2) is 0 Å². The van der Waals surface area contributed by atoms with Crippen LogP contribution in [-0.2, 0) is 16.0 Å². The molecule has 2 aliphatic rings. The fourth-order valence-corrected chi connectivity index (χ4v) is 3.68. The molecule has 3 atom stereocenters. The van der Waals surface area contributed by atoms with Crippen LogP contribution in [0.15, 0.2) is 18.2 Å². The molecule has 0 aromatic heterocycles. The second-order valence-corrected chi connectivity index (χ2v) is 6.14. The molecule has 4 nitrogen and oxygen atoms in total. The van der Waals surface area contributed by atoms with Gasteiger partial charge < -0.3 is 15.0 Å². The summed E-state index contributed by atoms with van der Waals surface area (Å²) < 4.78 is 5.72. The predicted molar refractivity (Wildman–Crippen MR) is 83.5 cm³/mol. The Morgan fingerprint density at radius 3 is 2.86 bits per heavy atom. The van der Waals surface area contributed by atoms with E-state index in [4.69, 9.17) is 4.74 Å². The third kappa shape index (κ3) is 2.58. The van der Waals surface area contributed by atoms with Gasteiger partial charge >= 0.3 is 0 Å². The van der Waals surface area contributed by atoms with Crippen LogP contribution in [0.2, 0.25) is 0 Å². The van der Waals surface area contributed by atoms with Crippen molar-refractivity contribution in [3.63, 3.8) is 0 Å². The lowest BCUT2D eigenvalue weighted by molar-refractivity contribution is -0.118. The molecule has 0 radical (unpaired) electrons. The largest absolute Gasteiger partial charge is 0.378 e. The molecule has 1 N–H and O–H groups in total. The van der Waals surface area contributed by atoms with E-state index in [0.29, 0.717) is 24.5 Å². The lowest BCUT2D eigenvalue weighted by Crippen LogP contribution is -2.32. The number of benzene rings is 1. The number of anilines is 1. The normalized spacial score (nSPS) is 26.8. The predicted octanol–water partition coefficient (Wildman–Crippen LogP) is 2.28. The van der Waals surface area contributed by atoms with Crippen LogP contribution in [0.4, 0.5) is 5.69 Å². The quantitative estimate of drug-likeness (QED) is 0.928. The molecule has 2 aliphatic heterocycles. The van der Waals surface area contributed by atoms with E-state index in [0.717, 1.165) is 25.1 Å². The topological polar surface area (TPSA) is 41.6 Å². The number of nitrogens with zero attached hydrogens (tertiary/aromatic N) is 1. The second-order valence-electron chi connectivity index (χ2n) is 6.14. The Morgan fingerprint density at radius 1 is 1.38 bits per heavy atom. The Bertz CT molecular complexity index is 544. The minimum atomic E-state index is 0.207. The minimum Gasteiger partial charge on any atom is -0.378 e. The van der Waals surface area contributed by atoms with Crippen molar-refractivity contribution < 1.29 is 9.53 Å². The van der Waals surface area contributed by atoms with E-state index in [1.165, 1.54) is 11.1 Å². The van der Waals surface area contributed by atoms with E-state index in [1.807, 2.05) is 14.1 Å². The molecule has 114 valence electrons. The van der Waals surface area contributed by atoms with E-state index < -0.39 is 0 Å². The van der Waals surface area contributed by atoms with Crippen molar-refractivity contribution in [3.8, 4) is 0 Å². The molecule has 0 saturated carbocycles. The molecular weight excluding hydrogens is 264 g/mol. The molecule has 2 heterocycles. The number of hydrogen-bond acceptors (Lipinski definition) is 3. The van der Waals surface area contributed by atoms with Gasteiger partial charge in [-0.15, -0.1) is 0 Å². The molecule has 1 saturated heterocycles. The monoisotopic (exact) mass is 288 g/mol. The minimum absolute atomic E-state index is 0.207. The fourth-order valence-electron chi connectivity index (χ4n) is 3.68. The van der Waals surface area contributed by atoms with Crippen molar-refractivity contribution in [2.75, 3.05) is 25.6 Å². The van der Waals surface area contributed by atoms with Crippen LogP contribution in [0.5, 0.6) is 0 Å². The first-order valence-electron chi connectivity index (χ1n) is 7.80. The highest BCUT2D eigenvalue weighted by molar-refractivity contribution is 5.95. The van der Waals surface area contributed by atoms with Crippen molar-refractivity contribution in [3.05, 3.63) is 29.3 Å². The summed E-state index contributed by atoms with van der Waals surface area (Å²) in [7, 11) is 3.88. The van der Waals surface area contributed by atoms with Gasteiger partial charge in [-0.2, -0.15) is 0 Å². The Hall–Kier alpha value is -1.39. The van der Waals surface area contributed by atoms with Gasteiger partial charge in [0.2, 0.25) is 5.91 Å². The number of hydrogen-bond donors (Lipinski definition) is 1. The summed E-state index contributed by atoms with van der Waals surface area (Å²) in [5.74, 6) is 0.717. The van der Waals surface area contributed by atoms with Gasteiger partial charge in [0.05, 0.1) is 6.10 Å². The zero-order chi connectivity index (χ0) is 15.0. The summed E-state index contributed by atoms with van der Waals surface area (Å²) in [5.41, 5.74) is 3.64. The maximum atomic E-state index is 11.8. The summed E-state index contributed by atoms with van der Waals surface area (Å²) >= 11 is 0. The van der Waals surface area contributed by atoms with Crippen molar-refractivity contribution in [2.45, 2.75) is 38.3 Å². The first-order chi connectivity index (χ1) is 10.1. The van der Waals surface area contributed by atoms with E-state index in [-0.39, 0.29) is 5.91 Å². The van der Waals surface area contributed by atoms with Crippen LogP contribution in [0.3, 0.4) is 0 Å². The summed E-state index contributed by atoms with van der Waals surface area (Å²) in [4.78, 5) is 13.6. The number of rotatable bonds is 3. The van der Waals surface area contributed by atoms with Gasteiger partial charge in [-0.1, -0.05) is 12.1 Å². The average molecular weight is 288 g/mol. The smallest absolute Gasteiger partial charge is 0.227 e. The number of nitrogens with one attached hydrogen (secondary N) is 1. The summed E-state index contributed by atoms with van der Waals surface area (Å²) in [6.07, 6.45) is 2.85. The first kappa shape index (κ1) is 14.5.